The summed E-state index contributed by atoms with van der Waals surface area (Å²) in [5.74, 6) is -0.618. The lowest BCUT2D eigenvalue weighted by Gasteiger charge is -2.28. The van der Waals surface area contributed by atoms with E-state index < -0.39 is 5.82 Å². The molecule has 0 aromatic heterocycles. The van der Waals surface area contributed by atoms with Crippen molar-refractivity contribution in [2.45, 2.75) is 43.5 Å². The molecule has 1 aromatic rings. The SMILES string of the molecule is CSC1CCC(NCc2cccc(/C(N)=N/O)c2F)CC1. The van der Waals surface area contributed by atoms with E-state index in [1.54, 1.807) is 12.1 Å². The van der Waals surface area contributed by atoms with E-state index in [1.807, 2.05) is 11.8 Å². The number of amidine groups is 1. The van der Waals surface area contributed by atoms with Crippen LogP contribution in [0.15, 0.2) is 23.4 Å². The Balaban J connectivity index is 1.95. The van der Waals surface area contributed by atoms with Crippen LogP contribution in [0.2, 0.25) is 0 Å². The van der Waals surface area contributed by atoms with Gasteiger partial charge in [0.2, 0.25) is 0 Å². The summed E-state index contributed by atoms with van der Waals surface area (Å²) in [6.07, 6.45) is 6.85. The number of rotatable bonds is 5. The highest BCUT2D eigenvalue weighted by Crippen LogP contribution is 2.27. The summed E-state index contributed by atoms with van der Waals surface area (Å²) in [6.45, 7) is 0.465. The van der Waals surface area contributed by atoms with E-state index in [-0.39, 0.29) is 11.4 Å². The number of benzene rings is 1. The van der Waals surface area contributed by atoms with Gasteiger partial charge in [-0.2, -0.15) is 11.8 Å². The highest BCUT2D eigenvalue weighted by atomic mass is 32.2. The Bertz CT molecular complexity index is 502. The van der Waals surface area contributed by atoms with Crippen LogP contribution in [-0.4, -0.2) is 28.6 Å². The lowest BCUT2D eigenvalue weighted by Crippen LogP contribution is -2.33. The van der Waals surface area contributed by atoms with Crippen LogP contribution in [0.3, 0.4) is 0 Å². The average molecular weight is 311 g/mol. The van der Waals surface area contributed by atoms with Crippen LogP contribution in [-0.2, 0) is 6.54 Å². The van der Waals surface area contributed by atoms with Gasteiger partial charge in [0.1, 0.15) is 5.82 Å². The molecule has 0 unspecified atom stereocenters. The quantitative estimate of drug-likeness (QED) is 0.338. The first-order chi connectivity index (χ1) is 10.2. The molecule has 0 heterocycles. The lowest BCUT2D eigenvalue weighted by molar-refractivity contribution is 0.318. The standard InChI is InChI=1S/C15H22FN3OS/c1-21-12-7-5-11(6-8-12)18-9-10-3-2-4-13(14(10)16)15(17)19-20/h2-4,11-12,18,20H,5-9H2,1H3,(H2,17,19). The Kier molecular flexibility index (Phi) is 5.87. The summed E-state index contributed by atoms with van der Waals surface area (Å²) in [5, 5.41) is 15.7. The molecule has 2 rings (SSSR count). The topological polar surface area (TPSA) is 70.6 Å². The van der Waals surface area contributed by atoms with Gasteiger partial charge in [-0.3, -0.25) is 0 Å². The lowest BCUT2D eigenvalue weighted by atomic mass is 9.94. The third kappa shape index (κ3) is 4.11. The third-order valence-corrected chi connectivity index (χ3v) is 5.19. The summed E-state index contributed by atoms with van der Waals surface area (Å²) in [7, 11) is 0. The zero-order valence-corrected chi connectivity index (χ0v) is 13.0. The maximum absolute atomic E-state index is 14.3. The molecule has 0 spiro atoms. The summed E-state index contributed by atoms with van der Waals surface area (Å²) >= 11 is 1.93. The molecule has 6 heteroatoms. The maximum Gasteiger partial charge on any atom is 0.173 e. The van der Waals surface area contributed by atoms with Gasteiger partial charge in [-0.25, -0.2) is 4.39 Å². The fourth-order valence-electron chi connectivity index (χ4n) is 2.72. The van der Waals surface area contributed by atoms with Gasteiger partial charge in [0.15, 0.2) is 5.84 Å². The van der Waals surface area contributed by atoms with Gasteiger partial charge in [-0.15, -0.1) is 0 Å². The fourth-order valence-corrected chi connectivity index (χ4v) is 3.47. The van der Waals surface area contributed by atoms with Crippen LogP contribution in [0.4, 0.5) is 4.39 Å². The molecule has 0 saturated heterocycles. The van der Waals surface area contributed by atoms with Crippen molar-refractivity contribution in [3.63, 3.8) is 0 Å². The molecule has 1 aliphatic carbocycles. The van der Waals surface area contributed by atoms with Crippen molar-refractivity contribution >= 4 is 17.6 Å². The van der Waals surface area contributed by atoms with Crippen molar-refractivity contribution in [2.75, 3.05) is 6.26 Å². The Labute approximate surface area is 129 Å². The molecule has 4 N–H and O–H groups in total. The van der Waals surface area contributed by atoms with Crippen LogP contribution < -0.4 is 11.1 Å². The molecule has 116 valence electrons. The third-order valence-electron chi connectivity index (χ3n) is 4.05. The molecule has 4 nitrogen and oxygen atoms in total. The molecule has 0 amide bonds. The summed E-state index contributed by atoms with van der Waals surface area (Å²) in [5.41, 5.74) is 6.16. The van der Waals surface area contributed by atoms with Crippen molar-refractivity contribution in [1.29, 1.82) is 0 Å². The highest BCUT2D eigenvalue weighted by molar-refractivity contribution is 7.99. The van der Waals surface area contributed by atoms with Gasteiger partial charge < -0.3 is 16.3 Å². The van der Waals surface area contributed by atoms with Gasteiger partial charge in [0.05, 0.1) is 5.56 Å². The monoisotopic (exact) mass is 311 g/mol. The fraction of sp³-hybridized carbons (Fsp3) is 0.533. The number of nitrogens with two attached hydrogens (primary N) is 1. The molecule has 21 heavy (non-hydrogen) atoms. The van der Waals surface area contributed by atoms with Gasteiger partial charge in [0, 0.05) is 23.4 Å². The van der Waals surface area contributed by atoms with Crippen molar-refractivity contribution in [1.82, 2.24) is 5.32 Å². The minimum atomic E-state index is -0.418. The summed E-state index contributed by atoms with van der Waals surface area (Å²) < 4.78 is 14.3. The molecular weight excluding hydrogens is 289 g/mol. The number of hydrogen-bond donors (Lipinski definition) is 3. The van der Waals surface area contributed by atoms with Gasteiger partial charge >= 0.3 is 0 Å². The number of hydrogen-bond acceptors (Lipinski definition) is 4. The van der Waals surface area contributed by atoms with Gasteiger partial charge in [-0.1, -0.05) is 17.3 Å². The second kappa shape index (κ2) is 7.66. The summed E-state index contributed by atoms with van der Waals surface area (Å²) in [6, 6.07) is 5.40. The first-order valence-corrected chi connectivity index (χ1v) is 8.46. The normalized spacial score (nSPS) is 23.2. The number of oxime groups is 1. The van der Waals surface area contributed by atoms with E-state index in [9.17, 15) is 4.39 Å². The molecule has 0 bridgehead atoms. The van der Waals surface area contributed by atoms with Gasteiger partial charge in [0.25, 0.3) is 0 Å². The Morgan fingerprint density at radius 1 is 1.43 bits per heavy atom. The van der Waals surface area contributed by atoms with Crippen LogP contribution in [0, 0.1) is 5.82 Å². The smallest absolute Gasteiger partial charge is 0.173 e. The molecule has 0 aliphatic heterocycles. The zero-order valence-electron chi connectivity index (χ0n) is 12.2. The van der Waals surface area contributed by atoms with Crippen molar-refractivity contribution < 1.29 is 9.60 Å². The number of nitrogens with one attached hydrogen (secondary N) is 1. The minimum Gasteiger partial charge on any atom is -0.409 e. The summed E-state index contributed by atoms with van der Waals surface area (Å²) in [4.78, 5) is 0. The van der Waals surface area contributed by atoms with Crippen molar-refractivity contribution in [3.8, 4) is 0 Å². The van der Waals surface area contributed by atoms with Crippen LogP contribution in [0.5, 0.6) is 0 Å². The second-order valence-corrected chi connectivity index (χ2v) is 6.49. The number of halogens is 1. The second-order valence-electron chi connectivity index (χ2n) is 5.35. The van der Waals surface area contributed by atoms with E-state index in [0.29, 0.717) is 18.2 Å². The van der Waals surface area contributed by atoms with E-state index in [2.05, 4.69) is 16.7 Å². The predicted molar refractivity (Wildman–Crippen MR) is 85.3 cm³/mol. The Morgan fingerprint density at radius 3 is 2.76 bits per heavy atom. The van der Waals surface area contributed by atoms with Crippen LogP contribution in [0.25, 0.3) is 0 Å². The van der Waals surface area contributed by atoms with Gasteiger partial charge in [-0.05, 0) is 38.0 Å². The molecule has 1 aliphatic rings. The number of nitrogens with zero attached hydrogens (tertiary/aromatic N) is 1. The van der Waals surface area contributed by atoms with E-state index in [1.165, 1.54) is 18.9 Å². The largest absolute Gasteiger partial charge is 0.409 e. The van der Waals surface area contributed by atoms with Crippen LogP contribution >= 0.6 is 11.8 Å². The maximum atomic E-state index is 14.3. The Hall–Kier alpha value is -1.27. The Morgan fingerprint density at radius 2 is 2.14 bits per heavy atom. The number of thioether (sulfide) groups is 1. The molecule has 1 saturated carbocycles. The zero-order chi connectivity index (χ0) is 15.2. The molecule has 1 aromatic carbocycles. The molecule has 0 atom stereocenters. The first kappa shape index (κ1) is 16.1. The molecular formula is C15H22FN3OS. The van der Waals surface area contributed by atoms with Crippen LogP contribution in [0.1, 0.15) is 36.8 Å². The first-order valence-electron chi connectivity index (χ1n) is 7.17. The van der Waals surface area contributed by atoms with E-state index in [0.717, 1.165) is 18.1 Å². The molecule has 1 fully saturated rings. The minimum absolute atomic E-state index is 0.142. The average Bonchev–Trinajstić information content (AvgIpc) is 2.53. The molecule has 0 radical (unpaired) electrons. The van der Waals surface area contributed by atoms with E-state index >= 15 is 0 Å². The predicted octanol–water partition coefficient (Wildman–Crippen LogP) is 2.68. The van der Waals surface area contributed by atoms with E-state index in [4.69, 9.17) is 10.9 Å². The van der Waals surface area contributed by atoms with Crippen molar-refractivity contribution in [3.05, 3.63) is 35.1 Å². The highest BCUT2D eigenvalue weighted by Gasteiger charge is 2.20. The van der Waals surface area contributed by atoms with Crippen molar-refractivity contribution in [2.24, 2.45) is 10.9 Å².